The van der Waals surface area contributed by atoms with E-state index in [0.717, 1.165) is 4.90 Å². The molecular formula is C21H20N4O5. The van der Waals surface area contributed by atoms with Crippen LogP contribution < -0.4 is 20.7 Å². The van der Waals surface area contributed by atoms with E-state index < -0.39 is 41.9 Å². The smallest absolute Gasteiger partial charge is 0.325 e. The number of para-hydroxylation sites is 2. The van der Waals surface area contributed by atoms with Crippen molar-refractivity contribution >= 4 is 29.4 Å². The van der Waals surface area contributed by atoms with E-state index in [-0.39, 0.29) is 6.54 Å². The van der Waals surface area contributed by atoms with Gasteiger partial charge in [0.1, 0.15) is 17.8 Å². The van der Waals surface area contributed by atoms with E-state index in [1.165, 1.54) is 4.90 Å². The third kappa shape index (κ3) is 3.14. The van der Waals surface area contributed by atoms with Crippen molar-refractivity contribution in [3.05, 3.63) is 60.2 Å². The number of ether oxygens (including phenoxy) is 1. The van der Waals surface area contributed by atoms with E-state index >= 15 is 0 Å². The molecule has 2 aliphatic rings. The molecule has 1 saturated heterocycles. The van der Waals surface area contributed by atoms with E-state index in [4.69, 9.17) is 10.5 Å². The van der Waals surface area contributed by atoms with Gasteiger partial charge >= 0.3 is 6.03 Å². The Morgan fingerprint density at radius 2 is 1.80 bits per heavy atom. The molecular weight excluding hydrogens is 388 g/mol. The summed E-state index contributed by atoms with van der Waals surface area (Å²) in [6, 6.07) is 14.8. The third-order valence-electron chi connectivity index (χ3n) is 5.31. The fourth-order valence-electron chi connectivity index (χ4n) is 3.65. The first-order chi connectivity index (χ1) is 14.3. The highest BCUT2D eigenvalue weighted by molar-refractivity contribution is 6.11. The SMILES string of the molecule is C[C@]1(c2ccccc2)NC(=O)N(CC(=O)N2C[C@@H](C(N)=O)Oc3ccccc32)C1=O. The molecule has 0 saturated carbocycles. The molecule has 2 aliphatic heterocycles. The lowest BCUT2D eigenvalue weighted by Gasteiger charge is -2.34. The maximum atomic E-state index is 13.1. The number of urea groups is 1. The van der Waals surface area contributed by atoms with E-state index in [0.29, 0.717) is 17.0 Å². The largest absolute Gasteiger partial charge is 0.477 e. The van der Waals surface area contributed by atoms with Crippen LogP contribution in [0.25, 0.3) is 0 Å². The number of amides is 5. The van der Waals surface area contributed by atoms with E-state index in [2.05, 4.69) is 5.32 Å². The predicted octanol–water partition coefficient (Wildman–Crippen LogP) is 0.733. The standard InChI is InChI=1S/C21H20N4O5/c1-21(13-7-3-2-4-8-13)19(28)25(20(29)23-21)12-17(26)24-11-16(18(22)27)30-15-10-6-5-9-14(15)24/h2-10,16H,11-12H2,1H3,(H2,22,27)(H,23,29)/t16-,21+/m0/s1. The lowest BCUT2D eigenvalue weighted by atomic mass is 9.92. The van der Waals surface area contributed by atoms with Crippen LogP contribution in [0.2, 0.25) is 0 Å². The number of nitrogens with two attached hydrogens (primary N) is 1. The number of fused-ring (bicyclic) bond motifs is 1. The zero-order valence-corrected chi connectivity index (χ0v) is 16.2. The number of nitrogens with one attached hydrogen (secondary N) is 1. The van der Waals surface area contributed by atoms with Gasteiger partial charge in [-0.3, -0.25) is 19.3 Å². The molecule has 5 amide bonds. The van der Waals surface area contributed by atoms with Gasteiger partial charge in [-0.2, -0.15) is 0 Å². The molecule has 154 valence electrons. The van der Waals surface area contributed by atoms with Crippen molar-refractivity contribution < 1.29 is 23.9 Å². The van der Waals surface area contributed by atoms with Crippen molar-refractivity contribution in [2.45, 2.75) is 18.6 Å². The molecule has 3 N–H and O–H groups in total. The number of hydrogen-bond donors (Lipinski definition) is 2. The predicted molar refractivity (Wildman–Crippen MR) is 106 cm³/mol. The molecule has 2 atom stereocenters. The molecule has 9 nitrogen and oxygen atoms in total. The van der Waals surface area contributed by atoms with Crippen LogP contribution in [0.4, 0.5) is 10.5 Å². The molecule has 1 fully saturated rings. The molecule has 30 heavy (non-hydrogen) atoms. The Balaban J connectivity index is 1.59. The number of benzene rings is 2. The number of carbonyl (C=O) groups is 4. The quantitative estimate of drug-likeness (QED) is 0.723. The van der Waals surface area contributed by atoms with Gasteiger partial charge in [0.05, 0.1) is 12.2 Å². The number of imide groups is 1. The van der Waals surface area contributed by atoms with Gasteiger partial charge < -0.3 is 20.7 Å². The van der Waals surface area contributed by atoms with Crippen molar-refractivity contribution in [3.8, 4) is 5.75 Å². The molecule has 2 aromatic carbocycles. The second-order valence-electron chi connectivity index (χ2n) is 7.29. The lowest BCUT2D eigenvalue weighted by molar-refractivity contribution is -0.134. The summed E-state index contributed by atoms with van der Waals surface area (Å²) in [4.78, 5) is 52.5. The molecule has 2 heterocycles. The summed E-state index contributed by atoms with van der Waals surface area (Å²) in [5.41, 5.74) is 5.15. The molecule has 0 aliphatic carbocycles. The minimum absolute atomic E-state index is 0.106. The summed E-state index contributed by atoms with van der Waals surface area (Å²) in [7, 11) is 0. The van der Waals surface area contributed by atoms with Crippen LogP contribution >= 0.6 is 0 Å². The van der Waals surface area contributed by atoms with Gasteiger partial charge in [-0.25, -0.2) is 4.79 Å². The van der Waals surface area contributed by atoms with Crippen LogP contribution in [0.1, 0.15) is 12.5 Å². The van der Waals surface area contributed by atoms with Gasteiger partial charge in [0, 0.05) is 0 Å². The second kappa shape index (κ2) is 7.18. The Morgan fingerprint density at radius 3 is 2.50 bits per heavy atom. The fraction of sp³-hybridized carbons (Fsp3) is 0.238. The number of anilines is 1. The molecule has 0 unspecified atom stereocenters. The minimum Gasteiger partial charge on any atom is -0.477 e. The van der Waals surface area contributed by atoms with E-state index in [1.54, 1.807) is 61.5 Å². The highest BCUT2D eigenvalue weighted by Crippen LogP contribution is 2.34. The Kier molecular flexibility index (Phi) is 4.65. The van der Waals surface area contributed by atoms with Crippen LogP contribution in [0.5, 0.6) is 5.75 Å². The average Bonchev–Trinajstić information content (AvgIpc) is 2.97. The van der Waals surface area contributed by atoms with Crippen LogP contribution in [0.3, 0.4) is 0 Å². The topological polar surface area (TPSA) is 122 Å². The maximum absolute atomic E-state index is 13.1. The minimum atomic E-state index is -1.27. The first-order valence-corrected chi connectivity index (χ1v) is 9.36. The molecule has 0 bridgehead atoms. The van der Waals surface area contributed by atoms with Crippen LogP contribution in [0, 0.1) is 0 Å². The summed E-state index contributed by atoms with van der Waals surface area (Å²) in [5, 5.41) is 2.67. The summed E-state index contributed by atoms with van der Waals surface area (Å²) in [6.07, 6.45) is -1.03. The molecule has 9 heteroatoms. The average molecular weight is 408 g/mol. The maximum Gasteiger partial charge on any atom is 0.325 e. The van der Waals surface area contributed by atoms with Crippen molar-refractivity contribution in [1.82, 2.24) is 10.2 Å². The van der Waals surface area contributed by atoms with Gasteiger partial charge in [-0.05, 0) is 24.6 Å². The highest BCUT2D eigenvalue weighted by Gasteiger charge is 2.50. The van der Waals surface area contributed by atoms with E-state index in [9.17, 15) is 19.2 Å². The zero-order valence-electron chi connectivity index (χ0n) is 16.2. The van der Waals surface area contributed by atoms with Crippen LogP contribution in [-0.2, 0) is 19.9 Å². The summed E-state index contributed by atoms with van der Waals surface area (Å²) in [6.45, 7) is 1.01. The van der Waals surface area contributed by atoms with Crippen LogP contribution in [-0.4, -0.2) is 47.8 Å². The van der Waals surface area contributed by atoms with Crippen molar-refractivity contribution in [2.75, 3.05) is 18.0 Å². The third-order valence-corrected chi connectivity index (χ3v) is 5.31. The Hall–Kier alpha value is -3.88. The lowest BCUT2D eigenvalue weighted by Crippen LogP contribution is -2.52. The Labute approximate surface area is 172 Å². The molecule has 0 radical (unpaired) electrons. The summed E-state index contributed by atoms with van der Waals surface area (Å²) < 4.78 is 5.55. The second-order valence-corrected chi connectivity index (χ2v) is 7.29. The number of primary amides is 1. The summed E-state index contributed by atoms with van der Waals surface area (Å²) in [5.74, 6) is -1.45. The van der Waals surface area contributed by atoms with Gasteiger partial charge in [0.15, 0.2) is 6.10 Å². The monoisotopic (exact) mass is 408 g/mol. The number of rotatable bonds is 4. The van der Waals surface area contributed by atoms with Crippen molar-refractivity contribution in [1.29, 1.82) is 0 Å². The van der Waals surface area contributed by atoms with Gasteiger partial charge in [0.25, 0.3) is 11.8 Å². The zero-order chi connectivity index (χ0) is 21.5. The highest BCUT2D eigenvalue weighted by atomic mass is 16.5. The van der Waals surface area contributed by atoms with Gasteiger partial charge in [-0.15, -0.1) is 0 Å². The number of carbonyl (C=O) groups excluding carboxylic acids is 4. The first kappa shape index (κ1) is 19.4. The normalized spacial score (nSPS) is 22.9. The number of hydrogen-bond acceptors (Lipinski definition) is 5. The Bertz CT molecular complexity index is 1040. The molecule has 0 aromatic heterocycles. The fourth-order valence-corrected chi connectivity index (χ4v) is 3.65. The number of nitrogens with zero attached hydrogens (tertiary/aromatic N) is 2. The van der Waals surface area contributed by atoms with E-state index in [1.807, 2.05) is 0 Å². The summed E-state index contributed by atoms with van der Waals surface area (Å²) >= 11 is 0. The Morgan fingerprint density at radius 1 is 1.13 bits per heavy atom. The molecule has 2 aromatic rings. The first-order valence-electron chi connectivity index (χ1n) is 9.36. The van der Waals surface area contributed by atoms with Gasteiger partial charge in [0.2, 0.25) is 5.91 Å². The van der Waals surface area contributed by atoms with Crippen molar-refractivity contribution in [3.63, 3.8) is 0 Å². The van der Waals surface area contributed by atoms with Gasteiger partial charge in [-0.1, -0.05) is 42.5 Å². The molecule has 4 rings (SSSR count). The van der Waals surface area contributed by atoms with Crippen LogP contribution in [0.15, 0.2) is 54.6 Å². The molecule has 0 spiro atoms. The van der Waals surface area contributed by atoms with Crippen molar-refractivity contribution in [2.24, 2.45) is 5.73 Å².